The molecule has 1 aromatic carbocycles. The maximum absolute atomic E-state index is 10.6. The fourth-order valence-electron chi connectivity index (χ4n) is 1.02. The standard InChI is InChI=1S/C10H13N3O2S/c11-10(12,13)15-8-4-1-7(2-5-8)3-6-9(14)16/h1-6H,11-13H2,(H,14,16)/b6-3+. The number of carbonyl (C=O) groups excluding carboxylic acids is 1. The van der Waals surface area contributed by atoms with Crippen molar-refractivity contribution in [3.63, 3.8) is 0 Å². The Bertz CT molecular complexity index is 396. The number of carbonyl (C=O) groups is 1. The number of hydrogen-bond donors (Lipinski definition) is 4. The molecule has 0 saturated carbocycles. The lowest BCUT2D eigenvalue weighted by molar-refractivity contribution is -0.106. The van der Waals surface area contributed by atoms with Crippen LogP contribution in [0.2, 0.25) is 0 Å². The number of benzene rings is 1. The Kier molecular flexibility index (Phi) is 4.08. The van der Waals surface area contributed by atoms with Gasteiger partial charge in [0.05, 0.1) is 0 Å². The van der Waals surface area contributed by atoms with Crippen LogP contribution in [0.1, 0.15) is 5.56 Å². The summed E-state index contributed by atoms with van der Waals surface area (Å²) in [5.41, 5.74) is 16.6. The van der Waals surface area contributed by atoms with Gasteiger partial charge in [-0.25, -0.2) is 0 Å². The third kappa shape index (κ3) is 4.94. The molecule has 6 N–H and O–H groups in total. The minimum Gasteiger partial charge on any atom is -0.447 e. The van der Waals surface area contributed by atoms with Gasteiger partial charge in [-0.3, -0.25) is 22.0 Å². The van der Waals surface area contributed by atoms with Crippen molar-refractivity contribution in [3.8, 4) is 5.75 Å². The molecule has 0 aromatic heterocycles. The first-order chi connectivity index (χ1) is 7.37. The summed E-state index contributed by atoms with van der Waals surface area (Å²) in [5.74, 6) is -1.25. The van der Waals surface area contributed by atoms with Gasteiger partial charge in [0, 0.05) is 0 Å². The Morgan fingerprint density at radius 2 is 1.81 bits per heavy atom. The maximum atomic E-state index is 10.6. The van der Waals surface area contributed by atoms with Crippen LogP contribution in [0.5, 0.6) is 5.75 Å². The van der Waals surface area contributed by atoms with Crippen LogP contribution in [0.3, 0.4) is 0 Å². The van der Waals surface area contributed by atoms with Crippen LogP contribution in [-0.4, -0.2) is 11.1 Å². The first kappa shape index (κ1) is 12.7. The van der Waals surface area contributed by atoms with Crippen molar-refractivity contribution in [2.75, 3.05) is 0 Å². The van der Waals surface area contributed by atoms with E-state index in [0.717, 1.165) is 5.56 Å². The molecule has 1 aromatic rings. The molecule has 0 unspecified atom stereocenters. The Labute approximate surface area is 98.7 Å². The average Bonchev–Trinajstić information content (AvgIpc) is 2.14. The van der Waals surface area contributed by atoms with Crippen molar-refractivity contribution in [3.05, 3.63) is 35.9 Å². The number of nitrogens with two attached hydrogens (primary N) is 3. The molecular weight excluding hydrogens is 226 g/mol. The normalized spacial score (nSPS) is 11.8. The third-order valence-electron chi connectivity index (χ3n) is 1.59. The summed E-state index contributed by atoms with van der Waals surface area (Å²) in [6.07, 6.45) is 2.97. The first-order valence-electron chi connectivity index (χ1n) is 4.43. The molecule has 0 aliphatic heterocycles. The molecular formula is C10H13N3O2S. The molecule has 0 aliphatic rings. The highest BCUT2D eigenvalue weighted by molar-refractivity contribution is 7.97. The summed E-state index contributed by atoms with van der Waals surface area (Å²) in [7, 11) is 0. The Morgan fingerprint density at radius 3 is 2.25 bits per heavy atom. The fourth-order valence-corrected chi connectivity index (χ4v) is 1.09. The van der Waals surface area contributed by atoms with Crippen LogP contribution in [0.15, 0.2) is 30.3 Å². The number of rotatable bonds is 4. The number of ether oxygens (including phenoxy) is 1. The van der Waals surface area contributed by atoms with Crippen LogP contribution in [-0.2, 0) is 4.79 Å². The Balaban J connectivity index is 2.72. The smallest absolute Gasteiger partial charge is 0.271 e. The van der Waals surface area contributed by atoms with Crippen LogP contribution < -0.4 is 21.9 Å². The zero-order chi connectivity index (χ0) is 12.2. The van der Waals surface area contributed by atoms with Crippen molar-refractivity contribution in [1.29, 1.82) is 0 Å². The van der Waals surface area contributed by atoms with Gasteiger partial charge in [0.2, 0.25) is 5.12 Å². The molecule has 0 bridgehead atoms. The highest BCUT2D eigenvalue weighted by atomic mass is 32.1. The quantitative estimate of drug-likeness (QED) is 0.337. The monoisotopic (exact) mass is 239 g/mol. The van der Waals surface area contributed by atoms with E-state index in [1.54, 1.807) is 30.3 Å². The van der Waals surface area contributed by atoms with Gasteiger partial charge in [-0.05, 0) is 23.8 Å². The molecule has 0 fully saturated rings. The first-order valence-corrected chi connectivity index (χ1v) is 4.88. The van der Waals surface area contributed by atoms with E-state index in [1.165, 1.54) is 6.08 Å². The minimum absolute atomic E-state index is 0.315. The predicted octanol–water partition coefficient (Wildman–Crippen LogP) is 0.0224. The summed E-state index contributed by atoms with van der Waals surface area (Å²) in [6.45, 7) is 0. The minimum atomic E-state index is -1.70. The molecule has 6 heteroatoms. The van der Waals surface area contributed by atoms with E-state index in [-0.39, 0.29) is 5.12 Å². The predicted molar refractivity (Wildman–Crippen MR) is 65.4 cm³/mol. The van der Waals surface area contributed by atoms with Crippen molar-refractivity contribution >= 4 is 23.8 Å². The molecule has 5 nitrogen and oxygen atoms in total. The largest absolute Gasteiger partial charge is 0.447 e. The molecule has 0 atom stereocenters. The highest BCUT2D eigenvalue weighted by Gasteiger charge is 2.12. The van der Waals surface area contributed by atoms with E-state index in [4.69, 9.17) is 21.9 Å². The SMILES string of the molecule is NC(N)(N)Oc1ccc(/C=C/C(=O)S)cc1. The lowest BCUT2D eigenvalue weighted by atomic mass is 10.2. The van der Waals surface area contributed by atoms with E-state index in [9.17, 15) is 4.79 Å². The van der Waals surface area contributed by atoms with Crippen LogP contribution in [0, 0.1) is 0 Å². The van der Waals surface area contributed by atoms with E-state index in [0.29, 0.717) is 5.75 Å². The molecule has 1 rings (SSSR count). The van der Waals surface area contributed by atoms with Crippen molar-refractivity contribution in [2.45, 2.75) is 5.97 Å². The molecule has 0 amide bonds. The summed E-state index contributed by atoms with van der Waals surface area (Å²) in [5, 5.41) is -0.315. The summed E-state index contributed by atoms with van der Waals surface area (Å²) < 4.78 is 5.01. The van der Waals surface area contributed by atoms with Crippen LogP contribution in [0.25, 0.3) is 6.08 Å². The average molecular weight is 239 g/mol. The van der Waals surface area contributed by atoms with Gasteiger partial charge in [-0.2, -0.15) is 0 Å². The zero-order valence-corrected chi connectivity index (χ0v) is 9.35. The van der Waals surface area contributed by atoms with E-state index < -0.39 is 5.97 Å². The lowest BCUT2D eigenvalue weighted by Crippen LogP contribution is -2.62. The second-order valence-corrected chi connectivity index (χ2v) is 3.64. The maximum Gasteiger partial charge on any atom is 0.271 e. The molecule has 0 aliphatic carbocycles. The molecule has 16 heavy (non-hydrogen) atoms. The molecule has 0 spiro atoms. The van der Waals surface area contributed by atoms with E-state index in [2.05, 4.69) is 12.6 Å². The van der Waals surface area contributed by atoms with Gasteiger partial charge < -0.3 is 4.74 Å². The van der Waals surface area contributed by atoms with Gasteiger partial charge >= 0.3 is 0 Å². The van der Waals surface area contributed by atoms with E-state index in [1.807, 2.05) is 0 Å². The van der Waals surface area contributed by atoms with Gasteiger partial charge in [0.25, 0.3) is 5.97 Å². The molecule has 86 valence electrons. The van der Waals surface area contributed by atoms with Crippen LogP contribution in [0.4, 0.5) is 0 Å². The molecule has 0 radical (unpaired) electrons. The topological polar surface area (TPSA) is 104 Å². The molecule has 0 heterocycles. The van der Waals surface area contributed by atoms with E-state index >= 15 is 0 Å². The molecule has 0 saturated heterocycles. The second kappa shape index (κ2) is 5.13. The summed E-state index contributed by atoms with van der Waals surface area (Å²) in [6, 6.07) is 6.75. The van der Waals surface area contributed by atoms with Gasteiger partial charge in [0.1, 0.15) is 5.75 Å². The van der Waals surface area contributed by atoms with Crippen molar-refractivity contribution < 1.29 is 9.53 Å². The van der Waals surface area contributed by atoms with Crippen LogP contribution >= 0.6 is 12.6 Å². The number of thiol groups is 1. The highest BCUT2D eigenvalue weighted by Crippen LogP contribution is 2.14. The number of hydrogen-bond acceptors (Lipinski definition) is 5. The lowest BCUT2D eigenvalue weighted by Gasteiger charge is -2.20. The second-order valence-electron chi connectivity index (χ2n) is 3.20. The van der Waals surface area contributed by atoms with Gasteiger partial charge in [-0.15, -0.1) is 12.6 Å². The Morgan fingerprint density at radius 1 is 1.25 bits per heavy atom. The zero-order valence-electron chi connectivity index (χ0n) is 8.46. The van der Waals surface area contributed by atoms with Gasteiger partial charge in [-0.1, -0.05) is 18.2 Å². The van der Waals surface area contributed by atoms with Crippen molar-refractivity contribution in [2.24, 2.45) is 17.2 Å². The van der Waals surface area contributed by atoms with Crippen molar-refractivity contribution in [1.82, 2.24) is 0 Å². The van der Waals surface area contributed by atoms with Gasteiger partial charge in [0.15, 0.2) is 0 Å². The summed E-state index contributed by atoms with van der Waals surface area (Å²) >= 11 is 3.60. The fraction of sp³-hybridized carbons (Fsp3) is 0.100. The summed E-state index contributed by atoms with van der Waals surface area (Å²) in [4.78, 5) is 10.6. The Hall–Kier alpha value is -1.34. The third-order valence-corrected chi connectivity index (χ3v) is 1.74.